The van der Waals surface area contributed by atoms with Gasteiger partial charge in [-0.05, 0) is 53.1 Å². The van der Waals surface area contributed by atoms with Crippen LogP contribution in [0.4, 0.5) is 5.82 Å². The molecule has 2 aliphatic heterocycles. The zero-order valence-electron chi connectivity index (χ0n) is 28.2. The molecule has 0 aliphatic carbocycles. The second kappa shape index (κ2) is 13.6. The predicted octanol–water partition coefficient (Wildman–Crippen LogP) is 5.63. The molecule has 4 heterocycles. The van der Waals surface area contributed by atoms with E-state index in [-0.39, 0.29) is 6.61 Å². The molecule has 12 nitrogen and oxygen atoms in total. The molecule has 2 aliphatic rings. The molecule has 12 heteroatoms. The first kappa shape index (κ1) is 32.7. The molecule has 260 valence electrons. The van der Waals surface area contributed by atoms with Crippen molar-refractivity contribution in [2.24, 2.45) is 0 Å². The van der Waals surface area contributed by atoms with Gasteiger partial charge in [0.1, 0.15) is 47.4 Å². The lowest BCUT2D eigenvalue weighted by atomic mass is 9.77. The molecule has 0 radical (unpaired) electrons. The van der Waals surface area contributed by atoms with Crippen molar-refractivity contribution in [1.82, 2.24) is 19.5 Å². The summed E-state index contributed by atoms with van der Waals surface area (Å²) in [4.78, 5) is 14.2. The Balaban J connectivity index is 1.21. The van der Waals surface area contributed by atoms with Crippen LogP contribution in [0.5, 0.6) is 17.2 Å². The number of nitrogens with zero attached hydrogens (tertiary/aromatic N) is 4. The zero-order chi connectivity index (χ0) is 35.0. The summed E-state index contributed by atoms with van der Waals surface area (Å²) in [5.74, 6) is 2.71. The molecule has 1 unspecified atom stereocenters. The van der Waals surface area contributed by atoms with Crippen LogP contribution in [0.1, 0.15) is 34.8 Å². The first-order chi connectivity index (χ1) is 25.1. The van der Waals surface area contributed by atoms with Gasteiger partial charge in [0, 0.05) is 5.56 Å². The van der Waals surface area contributed by atoms with Crippen molar-refractivity contribution >= 4 is 17.0 Å². The van der Waals surface area contributed by atoms with Gasteiger partial charge in [-0.25, -0.2) is 15.0 Å². The first-order valence-corrected chi connectivity index (χ1v) is 16.6. The number of ether oxygens (including phenoxy) is 6. The van der Waals surface area contributed by atoms with Gasteiger partial charge in [0.25, 0.3) is 0 Å². The molecule has 51 heavy (non-hydrogen) atoms. The van der Waals surface area contributed by atoms with E-state index in [0.717, 1.165) is 39.5 Å². The average Bonchev–Trinajstić information content (AvgIpc) is 3.92. The van der Waals surface area contributed by atoms with Crippen LogP contribution in [0.15, 0.2) is 116 Å². The number of hydrogen-bond acceptors (Lipinski definition) is 11. The molecule has 0 amide bonds. The number of benzene rings is 4. The van der Waals surface area contributed by atoms with Crippen LogP contribution >= 0.6 is 0 Å². The molecule has 2 fully saturated rings. The lowest BCUT2D eigenvalue weighted by Gasteiger charge is -2.37. The number of methoxy groups -OCH3 is 3. The van der Waals surface area contributed by atoms with E-state index in [1.165, 1.54) is 6.33 Å². The van der Waals surface area contributed by atoms with Crippen molar-refractivity contribution in [1.29, 1.82) is 0 Å². The normalized spacial score (nSPS) is 21.4. The smallest absolute Gasteiger partial charge is 0.185 e. The van der Waals surface area contributed by atoms with Crippen molar-refractivity contribution in [2.75, 3.05) is 33.3 Å². The van der Waals surface area contributed by atoms with Crippen molar-refractivity contribution < 1.29 is 33.5 Å². The van der Waals surface area contributed by atoms with E-state index in [1.807, 2.05) is 95.6 Å². The third-order valence-corrected chi connectivity index (χ3v) is 9.61. The third kappa shape index (κ3) is 5.71. The first-order valence-electron chi connectivity index (χ1n) is 16.6. The number of nitrogens with one attached hydrogen (secondary N) is 1. The maximum atomic E-state index is 10.3. The van der Waals surface area contributed by atoms with Gasteiger partial charge in [-0.3, -0.25) is 4.57 Å². The number of aliphatic hydroxyl groups is 1. The van der Waals surface area contributed by atoms with E-state index in [1.54, 1.807) is 27.7 Å². The van der Waals surface area contributed by atoms with E-state index in [0.29, 0.717) is 17.0 Å². The lowest BCUT2D eigenvalue weighted by molar-refractivity contribution is -0.153. The van der Waals surface area contributed by atoms with Crippen molar-refractivity contribution in [2.45, 2.75) is 36.4 Å². The van der Waals surface area contributed by atoms with Gasteiger partial charge in [0.05, 0.1) is 34.3 Å². The molecule has 4 aromatic carbocycles. The minimum Gasteiger partial charge on any atom is -0.497 e. The highest BCUT2D eigenvalue weighted by molar-refractivity contribution is 5.84. The monoisotopic (exact) mass is 687 g/mol. The van der Waals surface area contributed by atoms with Gasteiger partial charge in [0.15, 0.2) is 29.5 Å². The van der Waals surface area contributed by atoms with Gasteiger partial charge >= 0.3 is 0 Å². The van der Waals surface area contributed by atoms with Crippen molar-refractivity contribution in [3.05, 3.63) is 138 Å². The van der Waals surface area contributed by atoms with E-state index in [2.05, 4.69) is 22.4 Å². The van der Waals surface area contributed by atoms with Gasteiger partial charge in [-0.15, -0.1) is 0 Å². The second-order valence-corrected chi connectivity index (χ2v) is 12.3. The van der Waals surface area contributed by atoms with Crippen LogP contribution in [-0.2, 0) is 19.7 Å². The van der Waals surface area contributed by atoms with Crippen LogP contribution in [0.25, 0.3) is 11.2 Å². The maximum Gasteiger partial charge on any atom is 0.185 e. The summed E-state index contributed by atoms with van der Waals surface area (Å²) in [6.45, 7) is -0.242. The summed E-state index contributed by atoms with van der Waals surface area (Å²) in [6.07, 6.45) is 0.179. The number of aromatic nitrogens is 4. The van der Waals surface area contributed by atoms with Crippen LogP contribution in [-0.4, -0.2) is 70.9 Å². The minimum absolute atomic E-state index is 0.242. The fourth-order valence-corrected chi connectivity index (χ4v) is 7.02. The molecule has 0 saturated carbocycles. The number of imidazole rings is 1. The largest absolute Gasteiger partial charge is 0.497 e. The van der Waals surface area contributed by atoms with Crippen LogP contribution in [0, 0.1) is 0 Å². The number of fused-ring (bicyclic) bond motifs is 2. The Bertz CT molecular complexity index is 2040. The van der Waals surface area contributed by atoms with E-state index >= 15 is 0 Å². The Labute approximate surface area is 294 Å². The van der Waals surface area contributed by atoms with Crippen LogP contribution in [0.2, 0.25) is 0 Å². The maximum absolute atomic E-state index is 10.3. The van der Waals surface area contributed by atoms with E-state index in [9.17, 15) is 5.11 Å². The molecule has 2 aromatic heterocycles. The highest BCUT2D eigenvalue weighted by atomic mass is 16.8. The highest BCUT2D eigenvalue weighted by Crippen LogP contribution is 2.46. The summed E-state index contributed by atoms with van der Waals surface area (Å²) in [7, 11) is 4.92. The van der Waals surface area contributed by atoms with Gasteiger partial charge in [-0.1, -0.05) is 66.7 Å². The molecular formula is C39H37N5O7. The van der Waals surface area contributed by atoms with Crippen molar-refractivity contribution in [3.63, 3.8) is 0 Å². The van der Waals surface area contributed by atoms with E-state index < -0.39 is 36.4 Å². The topological polar surface area (TPSA) is 131 Å². The third-order valence-electron chi connectivity index (χ3n) is 9.61. The number of anilines is 1. The predicted molar refractivity (Wildman–Crippen MR) is 188 cm³/mol. The summed E-state index contributed by atoms with van der Waals surface area (Å²) in [5.41, 5.74) is 3.81. The molecular weight excluding hydrogens is 650 g/mol. The summed E-state index contributed by atoms with van der Waals surface area (Å²) in [6, 6.07) is 33.6. The Morgan fingerprint density at radius 3 is 1.84 bits per heavy atom. The molecule has 8 rings (SSSR count). The Morgan fingerprint density at radius 2 is 1.25 bits per heavy atom. The standard InChI is InChI=1S/C39H37N5O7/c1-46-28-15-9-24(10-16-28)38-50-33-31(21-45)49-37(34(33)51-38)44-23-42-32-35(40-22-41-36(32)44)43-39(25-7-5-4-6-8-25,26-11-17-29(47-2)18-12-26)27-13-19-30(48-3)20-14-27/h4-20,22-23,31,33-34,37-38,45H,21H2,1-3H3,(H,40,41,43)/t31-,33-,34-,37-,38?/m1/s1. The highest BCUT2D eigenvalue weighted by Gasteiger charge is 2.54. The molecule has 2 N–H and O–H groups in total. The number of aliphatic hydroxyl groups excluding tert-OH is 1. The molecule has 5 atom stereocenters. The van der Waals surface area contributed by atoms with Crippen LogP contribution in [0.3, 0.4) is 0 Å². The quantitative estimate of drug-likeness (QED) is 0.164. The summed E-state index contributed by atoms with van der Waals surface area (Å²) >= 11 is 0. The SMILES string of the molecule is COc1ccc(C2O[C@@H]3[C@H](O2)[C@@H](CO)O[C@H]3n2cnc3c(NC(c4ccccc4)(c4ccc(OC)cc4)c4ccc(OC)cc4)ncnc32)cc1. The molecule has 0 spiro atoms. The Morgan fingerprint density at radius 1 is 0.686 bits per heavy atom. The van der Waals surface area contributed by atoms with Gasteiger partial charge < -0.3 is 38.8 Å². The number of hydrogen-bond donors (Lipinski definition) is 2. The lowest BCUT2D eigenvalue weighted by Crippen LogP contribution is -2.38. The Kier molecular flexibility index (Phi) is 8.74. The molecule has 0 bridgehead atoms. The minimum atomic E-state index is -0.935. The summed E-state index contributed by atoms with van der Waals surface area (Å²) in [5, 5.41) is 14.1. The van der Waals surface area contributed by atoms with E-state index in [4.69, 9.17) is 38.4 Å². The van der Waals surface area contributed by atoms with Gasteiger partial charge in [0.2, 0.25) is 0 Å². The number of rotatable bonds is 11. The molecule has 6 aromatic rings. The van der Waals surface area contributed by atoms with Crippen LogP contribution < -0.4 is 19.5 Å². The fraction of sp³-hybridized carbons (Fsp3) is 0.256. The Hall–Kier alpha value is -5.53. The van der Waals surface area contributed by atoms with Crippen molar-refractivity contribution in [3.8, 4) is 17.2 Å². The fourth-order valence-electron chi connectivity index (χ4n) is 7.02. The van der Waals surface area contributed by atoms with Gasteiger partial charge in [-0.2, -0.15) is 0 Å². The second-order valence-electron chi connectivity index (χ2n) is 12.3. The summed E-state index contributed by atoms with van der Waals surface area (Å²) < 4.78 is 37.3. The zero-order valence-corrected chi connectivity index (χ0v) is 28.2. The average molecular weight is 688 g/mol. The molecule has 2 saturated heterocycles.